The van der Waals surface area contributed by atoms with Crippen molar-refractivity contribution in [3.8, 4) is 5.75 Å². The first-order valence-electron chi connectivity index (χ1n) is 5.45. The van der Waals surface area contributed by atoms with Crippen LogP contribution >= 0.6 is 0 Å². The number of para-hydroxylation sites is 1. The fourth-order valence-electron chi connectivity index (χ4n) is 2.02. The number of ether oxygens (including phenoxy) is 1. The molecule has 1 aromatic rings. The van der Waals surface area contributed by atoms with E-state index in [-0.39, 0.29) is 12.6 Å². The molecule has 2 rings (SSSR count). The molecule has 0 radical (unpaired) electrons. The average molecular weight is 223 g/mol. The molecule has 0 aliphatic carbocycles. The van der Waals surface area contributed by atoms with Crippen LogP contribution in [0, 0.1) is 0 Å². The van der Waals surface area contributed by atoms with E-state index in [2.05, 4.69) is 0 Å². The Morgan fingerprint density at radius 2 is 2.19 bits per heavy atom. The Labute approximate surface area is 95.1 Å². The van der Waals surface area contributed by atoms with Gasteiger partial charge in [0.2, 0.25) is 0 Å². The number of hydrogen-bond acceptors (Lipinski definition) is 4. The minimum atomic E-state index is -0.554. The van der Waals surface area contributed by atoms with Crippen LogP contribution in [0.1, 0.15) is 11.7 Å². The Hall–Kier alpha value is -1.10. The van der Waals surface area contributed by atoms with Gasteiger partial charge in [-0.3, -0.25) is 4.90 Å². The summed E-state index contributed by atoms with van der Waals surface area (Å²) in [5, 5.41) is 19.1. The van der Waals surface area contributed by atoms with Crippen LogP contribution in [0.5, 0.6) is 5.75 Å². The van der Waals surface area contributed by atoms with Crippen molar-refractivity contribution in [2.45, 2.75) is 12.1 Å². The standard InChI is InChI=1S/C12H17NO3/c1-13(6-7-14)10-8-16-11-5-3-2-4-9(11)12(10)15/h2-5,10,12,14-15H,6-8H2,1H3. The molecule has 1 heterocycles. The molecule has 16 heavy (non-hydrogen) atoms. The predicted molar refractivity (Wildman–Crippen MR) is 60.4 cm³/mol. The van der Waals surface area contributed by atoms with Crippen LogP contribution in [0.2, 0.25) is 0 Å². The third kappa shape index (κ3) is 2.04. The van der Waals surface area contributed by atoms with Crippen LogP contribution in [0.3, 0.4) is 0 Å². The molecule has 2 atom stereocenters. The maximum atomic E-state index is 10.2. The number of nitrogens with zero attached hydrogens (tertiary/aromatic N) is 1. The summed E-state index contributed by atoms with van der Waals surface area (Å²) in [5.41, 5.74) is 0.823. The van der Waals surface area contributed by atoms with Crippen LogP contribution in [0.15, 0.2) is 24.3 Å². The zero-order valence-electron chi connectivity index (χ0n) is 9.34. The van der Waals surface area contributed by atoms with Crippen molar-refractivity contribution in [3.05, 3.63) is 29.8 Å². The largest absolute Gasteiger partial charge is 0.491 e. The van der Waals surface area contributed by atoms with Gasteiger partial charge in [-0.1, -0.05) is 18.2 Å². The Kier molecular flexibility index (Phi) is 3.43. The molecule has 4 nitrogen and oxygen atoms in total. The summed E-state index contributed by atoms with van der Waals surface area (Å²) in [7, 11) is 1.88. The van der Waals surface area contributed by atoms with Crippen molar-refractivity contribution < 1.29 is 14.9 Å². The molecule has 0 fully saturated rings. The van der Waals surface area contributed by atoms with Gasteiger partial charge in [0.05, 0.1) is 12.6 Å². The lowest BCUT2D eigenvalue weighted by Crippen LogP contribution is -2.44. The summed E-state index contributed by atoms with van der Waals surface area (Å²) in [5.74, 6) is 0.753. The van der Waals surface area contributed by atoms with Crippen molar-refractivity contribution in [1.82, 2.24) is 4.90 Å². The van der Waals surface area contributed by atoms with E-state index in [4.69, 9.17) is 9.84 Å². The van der Waals surface area contributed by atoms with Gasteiger partial charge in [-0.25, -0.2) is 0 Å². The summed E-state index contributed by atoms with van der Waals surface area (Å²) < 4.78 is 5.59. The van der Waals surface area contributed by atoms with Crippen molar-refractivity contribution in [2.75, 3.05) is 26.8 Å². The molecule has 2 N–H and O–H groups in total. The summed E-state index contributed by atoms with van der Waals surface area (Å²) in [6, 6.07) is 7.42. The van der Waals surface area contributed by atoms with E-state index in [1.165, 1.54) is 0 Å². The highest BCUT2D eigenvalue weighted by Crippen LogP contribution is 2.33. The molecule has 0 saturated carbocycles. The smallest absolute Gasteiger partial charge is 0.125 e. The quantitative estimate of drug-likeness (QED) is 0.779. The SMILES string of the molecule is CN(CCO)C1COc2ccccc2C1O. The van der Waals surface area contributed by atoms with Gasteiger partial charge in [0.25, 0.3) is 0 Å². The number of likely N-dealkylation sites (N-methyl/N-ethyl adjacent to an activating group) is 1. The van der Waals surface area contributed by atoms with Gasteiger partial charge < -0.3 is 14.9 Å². The zero-order valence-corrected chi connectivity index (χ0v) is 9.34. The number of fused-ring (bicyclic) bond motifs is 1. The number of hydrogen-bond donors (Lipinski definition) is 2. The van der Waals surface area contributed by atoms with Crippen molar-refractivity contribution in [1.29, 1.82) is 0 Å². The van der Waals surface area contributed by atoms with Crippen LogP contribution in [-0.4, -0.2) is 48.0 Å². The molecular formula is C12H17NO3. The minimum Gasteiger partial charge on any atom is -0.491 e. The normalized spacial score (nSPS) is 24.0. The number of benzene rings is 1. The third-order valence-corrected chi connectivity index (χ3v) is 3.03. The fraction of sp³-hybridized carbons (Fsp3) is 0.500. The zero-order chi connectivity index (χ0) is 11.5. The fourth-order valence-corrected chi connectivity index (χ4v) is 2.02. The molecule has 0 amide bonds. The second kappa shape index (κ2) is 4.82. The molecule has 88 valence electrons. The third-order valence-electron chi connectivity index (χ3n) is 3.03. The summed E-state index contributed by atoms with van der Waals surface area (Å²) in [6.45, 7) is 1.07. The highest BCUT2D eigenvalue weighted by Gasteiger charge is 2.31. The average Bonchev–Trinajstić information content (AvgIpc) is 2.30. The monoisotopic (exact) mass is 223 g/mol. The van der Waals surface area contributed by atoms with Crippen molar-refractivity contribution >= 4 is 0 Å². The lowest BCUT2D eigenvalue weighted by molar-refractivity contribution is 0.00951. The first-order valence-corrected chi connectivity index (χ1v) is 5.45. The Morgan fingerprint density at radius 1 is 1.44 bits per heavy atom. The van der Waals surface area contributed by atoms with Crippen molar-refractivity contribution in [2.24, 2.45) is 0 Å². The molecule has 0 spiro atoms. The van der Waals surface area contributed by atoms with E-state index in [0.717, 1.165) is 11.3 Å². The molecule has 1 aliphatic rings. The second-order valence-corrected chi connectivity index (χ2v) is 4.07. The highest BCUT2D eigenvalue weighted by molar-refractivity contribution is 5.37. The number of rotatable bonds is 3. The molecule has 2 unspecified atom stereocenters. The lowest BCUT2D eigenvalue weighted by Gasteiger charge is -2.35. The molecule has 0 aromatic heterocycles. The maximum Gasteiger partial charge on any atom is 0.125 e. The second-order valence-electron chi connectivity index (χ2n) is 4.07. The Balaban J connectivity index is 2.17. The predicted octanol–water partition coefficient (Wildman–Crippen LogP) is 0.405. The first kappa shape index (κ1) is 11.4. The van der Waals surface area contributed by atoms with Crippen LogP contribution in [0.4, 0.5) is 0 Å². The highest BCUT2D eigenvalue weighted by atomic mass is 16.5. The van der Waals surface area contributed by atoms with Gasteiger partial charge in [-0.15, -0.1) is 0 Å². The van der Waals surface area contributed by atoms with Crippen molar-refractivity contribution in [3.63, 3.8) is 0 Å². The van der Waals surface area contributed by atoms with Gasteiger partial charge in [-0.05, 0) is 13.1 Å². The summed E-state index contributed by atoms with van der Waals surface area (Å²) in [4.78, 5) is 1.92. The molecule has 0 bridgehead atoms. The molecule has 0 saturated heterocycles. The number of aliphatic hydroxyl groups excluding tert-OH is 2. The Morgan fingerprint density at radius 3 is 2.94 bits per heavy atom. The van der Waals surface area contributed by atoms with E-state index in [9.17, 15) is 5.11 Å². The van der Waals surface area contributed by atoms with Gasteiger partial charge in [0.15, 0.2) is 0 Å². The number of aliphatic hydroxyl groups is 2. The maximum absolute atomic E-state index is 10.2. The van der Waals surface area contributed by atoms with Gasteiger partial charge in [0, 0.05) is 12.1 Å². The van der Waals surface area contributed by atoms with Crippen LogP contribution < -0.4 is 4.74 Å². The minimum absolute atomic E-state index is 0.0847. The molecule has 1 aromatic carbocycles. The molecule has 4 heteroatoms. The Bertz CT molecular complexity index is 356. The van der Waals surface area contributed by atoms with E-state index in [1.54, 1.807) is 0 Å². The summed E-state index contributed by atoms with van der Waals surface area (Å²) in [6.07, 6.45) is -0.554. The molecular weight excluding hydrogens is 206 g/mol. The van der Waals surface area contributed by atoms with E-state index in [1.807, 2.05) is 36.2 Å². The van der Waals surface area contributed by atoms with Gasteiger partial charge in [-0.2, -0.15) is 0 Å². The lowest BCUT2D eigenvalue weighted by atomic mass is 9.98. The van der Waals surface area contributed by atoms with Crippen LogP contribution in [0.25, 0.3) is 0 Å². The van der Waals surface area contributed by atoms with E-state index < -0.39 is 6.10 Å². The summed E-state index contributed by atoms with van der Waals surface area (Å²) >= 11 is 0. The van der Waals surface area contributed by atoms with Gasteiger partial charge in [0.1, 0.15) is 18.5 Å². The van der Waals surface area contributed by atoms with E-state index in [0.29, 0.717) is 13.2 Å². The topological polar surface area (TPSA) is 52.9 Å². The molecule has 1 aliphatic heterocycles. The van der Waals surface area contributed by atoms with Gasteiger partial charge >= 0.3 is 0 Å². The first-order chi connectivity index (χ1) is 7.74. The van der Waals surface area contributed by atoms with E-state index >= 15 is 0 Å². The van der Waals surface area contributed by atoms with Crippen LogP contribution in [-0.2, 0) is 0 Å².